The Morgan fingerprint density at radius 3 is 2.89 bits per heavy atom. The third-order valence-electron chi connectivity index (χ3n) is 4.32. The molecule has 4 aromatic rings. The van der Waals surface area contributed by atoms with E-state index in [1.807, 2.05) is 54.8 Å². The van der Waals surface area contributed by atoms with Crippen molar-refractivity contribution in [1.82, 2.24) is 23.9 Å². The summed E-state index contributed by atoms with van der Waals surface area (Å²) in [6, 6.07) is 9.81. The van der Waals surface area contributed by atoms with Gasteiger partial charge in [-0.05, 0) is 24.3 Å². The van der Waals surface area contributed by atoms with Crippen LogP contribution in [0.2, 0.25) is 0 Å². The summed E-state index contributed by atoms with van der Waals surface area (Å²) in [6.45, 7) is 4.30. The fourth-order valence-electron chi connectivity index (χ4n) is 2.91. The number of Topliss-reactive ketones (excluding diaryl/α,β-unsaturated/α-hetero) is 1. The van der Waals surface area contributed by atoms with Crippen LogP contribution in [0.3, 0.4) is 0 Å². The molecule has 0 aliphatic heterocycles. The van der Waals surface area contributed by atoms with Gasteiger partial charge in [-0.15, -0.1) is 0 Å². The number of aromatic nitrogens is 5. The molecule has 0 aliphatic carbocycles. The van der Waals surface area contributed by atoms with E-state index < -0.39 is 0 Å². The Bertz CT molecular complexity index is 1080. The van der Waals surface area contributed by atoms with E-state index in [-0.39, 0.29) is 11.7 Å². The number of nitrogens with zero attached hydrogens (tertiary/aromatic N) is 5. The second-order valence-corrected chi connectivity index (χ2v) is 6.59. The molecule has 4 heterocycles. The minimum absolute atomic E-state index is 0.0214. The van der Waals surface area contributed by atoms with Gasteiger partial charge >= 0.3 is 0 Å². The Balaban J connectivity index is 1.69. The van der Waals surface area contributed by atoms with Gasteiger partial charge in [-0.3, -0.25) is 18.7 Å². The zero-order valence-corrected chi connectivity index (χ0v) is 15.2. The van der Waals surface area contributed by atoms with Crippen molar-refractivity contribution in [3.63, 3.8) is 0 Å². The lowest BCUT2D eigenvalue weighted by molar-refractivity contribution is 0.0935. The van der Waals surface area contributed by atoms with E-state index in [1.54, 1.807) is 29.5 Å². The van der Waals surface area contributed by atoms with Gasteiger partial charge in [0.15, 0.2) is 5.78 Å². The highest BCUT2D eigenvalue weighted by molar-refractivity contribution is 5.95. The third-order valence-corrected chi connectivity index (χ3v) is 4.32. The standard InChI is InChI=1S/C20H20N6O/c1-14(2)19(27)17-12-25(13-23-17)20-24-16(18-7-3-4-9-26(18)20)11-22-15-6-5-8-21-10-15/h3-10,12-14,22H,11H2,1-2H3. The molecule has 1 N–H and O–H groups in total. The number of carbonyl (C=O) groups excluding carboxylic acids is 1. The SMILES string of the molecule is CC(C)C(=O)c1cn(-c2nc(CNc3cccnc3)c3ccccn23)cn1. The first-order valence-corrected chi connectivity index (χ1v) is 8.82. The number of imidazole rings is 2. The zero-order chi connectivity index (χ0) is 18.8. The molecule has 27 heavy (non-hydrogen) atoms. The van der Waals surface area contributed by atoms with Crippen LogP contribution in [0.5, 0.6) is 0 Å². The topological polar surface area (TPSA) is 77.1 Å². The second-order valence-electron chi connectivity index (χ2n) is 6.59. The van der Waals surface area contributed by atoms with E-state index in [0.29, 0.717) is 18.2 Å². The second kappa shape index (κ2) is 7.03. The maximum absolute atomic E-state index is 12.2. The molecule has 7 heteroatoms. The smallest absolute Gasteiger partial charge is 0.220 e. The van der Waals surface area contributed by atoms with Crippen molar-refractivity contribution in [1.29, 1.82) is 0 Å². The number of carbonyl (C=O) groups is 1. The summed E-state index contributed by atoms with van der Waals surface area (Å²) in [4.78, 5) is 25.4. The van der Waals surface area contributed by atoms with Gasteiger partial charge in [-0.2, -0.15) is 0 Å². The van der Waals surface area contributed by atoms with Gasteiger partial charge in [0.05, 0.1) is 23.4 Å². The van der Waals surface area contributed by atoms with Crippen LogP contribution in [0.25, 0.3) is 11.5 Å². The first-order valence-electron chi connectivity index (χ1n) is 8.82. The van der Waals surface area contributed by atoms with Crippen LogP contribution in [-0.2, 0) is 6.54 Å². The lowest BCUT2D eigenvalue weighted by Crippen LogP contribution is -2.07. The maximum Gasteiger partial charge on any atom is 0.220 e. The number of hydrogen-bond donors (Lipinski definition) is 1. The summed E-state index contributed by atoms with van der Waals surface area (Å²) in [5, 5.41) is 3.34. The summed E-state index contributed by atoms with van der Waals surface area (Å²) >= 11 is 0. The summed E-state index contributed by atoms with van der Waals surface area (Å²) in [5.41, 5.74) is 3.28. The number of pyridine rings is 2. The fraction of sp³-hybridized carbons (Fsp3) is 0.200. The van der Waals surface area contributed by atoms with Gasteiger partial charge in [0, 0.05) is 30.7 Å². The van der Waals surface area contributed by atoms with Crippen LogP contribution in [0.4, 0.5) is 5.69 Å². The van der Waals surface area contributed by atoms with E-state index in [4.69, 9.17) is 4.98 Å². The van der Waals surface area contributed by atoms with Crippen LogP contribution < -0.4 is 5.32 Å². The van der Waals surface area contributed by atoms with Gasteiger partial charge < -0.3 is 5.32 Å². The van der Waals surface area contributed by atoms with E-state index >= 15 is 0 Å². The Kier molecular flexibility index (Phi) is 4.42. The first-order chi connectivity index (χ1) is 13.1. The molecule has 0 radical (unpaired) electrons. The highest BCUT2D eigenvalue weighted by Gasteiger charge is 2.17. The molecule has 0 spiro atoms. The summed E-state index contributed by atoms with van der Waals surface area (Å²) in [7, 11) is 0. The number of rotatable bonds is 6. The van der Waals surface area contributed by atoms with Gasteiger partial charge in [0.1, 0.15) is 12.0 Å². The average Bonchev–Trinajstić information content (AvgIpc) is 3.31. The van der Waals surface area contributed by atoms with Crippen LogP contribution in [-0.4, -0.2) is 29.7 Å². The van der Waals surface area contributed by atoms with Crippen LogP contribution >= 0.6 is 0 Å². The summed E-state index contributed by atoms with van der Waals surface area (Å²) < 4.78 is 3.78. The van der Waals surface area contributed by atoms with Crippen LogP contribution in [0, 0.1) is 5.92 Å². The zero-order valence-electron chi connectivity index (χ0n) is 15.2. The number of fused-ring (bicyclic) bond motifs is 1. The van der Waals surface area contributed by atoms with Gasteiger partial charge in [0.25, 0.3) is 0 Å². The Morgan fingerprint density at radius 2 is 2.11 bits per heavy atom. The predicted molar refractivity (Wildman–Crippen MR) is 103 cm³/mol. The Labute approximate surface area is 156 Å². The molecular formula is C20H20N6O. The van der Waals surface area contributed by atoms with Crippen molar-refractivity contribution in [3.05, 3.63) is 72.8 Å². The van der Waals surface area contributed by atoms with E-state index in [2.05, 4.69) is 15.3 Å². The quantitative estimate of drug-likeness (QED) is 0.534. The van der Waals surface area contributed by atoms with Crippen LogP contribution in [0.15, 0.2) is 61.4 Å². The molecule has 0 bridgehead atoms. The van der Waals surface area contributed by atoms with Crippen molar-refractivity contribution in [2.75, 3.05) is 5.32 Å². The largest absolute Gasteiger partial charge is 0.378 e. The normalized spacial score (nSPS) is 11.2. The highest BCUT2D eigenvalue weighted by Crippen LogP contribution is 2.18. The lowest BCUT2D eigenvalue weighted by Gasteiger charge is -2.03. The van der Waals surface area contributed by atoms with E-state index in [9.17, 15) is 4.79 Å². The minimum Gasteiger partial charge on any atom is -0.378 e. The number of ketones is 1. The molecule has 0 aliphatic rings. The molecule has 0 saturated carbocycles. The fourth-order valence-corrected chi connectivity index (χ4v) is 2.91. The molecule has 136 valence electrons. The monoisotopic (exact) mass is 360 g/mol. The Hall–Kier alpha value is -3.48. The number of hydrogen-bond acceptors (Lipinski definition) is 5. The number of anilines is 1. The maximum atomic E-state index is 12.2. The lowest BCUT2D eigenvalue weighted by atomic mass is 10.1. The van der Waals surface area contributed by atoms with E-state index in [0.717, 1.165) is 16.9 Å². The number of nitrogens with one attached hydrogen (secondary N) is 1. The molecule has 4 rings (SSSR count). The van der Waals surface area contributed by atoms with Crippen LogP contribution in [0.1, 0.15) is 30.0 Å². The molecule has 0 fully saturated rings. The molecule has 0 unspecified atom stereocenters. The summed E-state index contributed by atoms with van der Waals surface area (Å²) in [5.74, 6) is 0.626. The molecular weight excluding hydrogens is 340 g/mol. The van der Waals surface area contributed by atoms with E-state index in [1.165, 1.54) is 0 Å². The highest BCUT2D eigenvalue weighted by atomic mass is 16.1. The van der Waals surface area contributed by atoms with Crippen molar-refractivity contribution in [3.8, 4) is 5.95 Å². The molecule has 0 aromatic carbocycles. The molecule has 4 aromatic heterocycles. The van der Waals surface area contributed by atoms with Crippen molar-refractivity contribution in [2.24, 2.45) is 5.92 Å². The Morgan fingerprint density at radius 1 is 1.22 bits per heavy atom. The summed E-state index contributed by atoms with van der Waals surface area (Å²) in [6.07, 6.45) is 8.84. The predicted octanol–water partition coefficient (Wildman–Crippen LogP) is 3.37. The first kappa shape index (κ1) is 17.0. The van der Waals surface area contributed by atoms with Gasteiger partial charge in [0.2, 0.25) is 5.95 Å². The molecule has 7 nitrogen and oxygen atoms in total. The third kappa shape index (κ3) is 3.31. The van der Waals surface area contributed by atoms with Crippen molar-refractivity contribution < 1.29 is 4.79 Å². The molecule has 0 amide bonds. The molecule has 0 saturated heterocycles. The van der Waals surface area contributed by atoms with Crippen molar-refractivity contribution >= 4 is 17.0 Å². The van der Waals surface area contributed by atoms with Gasteiger partial charge in [-0.25, -0.2) is 9.97 Å². The molecule has 0 atom stereocenters. The van der Waals surface area contributed by atoms with Crippen molar-refractivity contribution in [2.45, 2.75) is 20.4 Å². The van der Waals surface area contributed by atoms with Gasteiger partial charge in [-0.1, -0.05) is 19.9 Å². The average molecular weight is 360 g/mol. The minimum atomic E-state index is -0.0930.